The number of ether oxygens (including phenoxy) is 1. The summed E-state index contributed by atoms with van der Waals surface area (Å²) in [6, 6.07) is 1.84. The molecule has 6 heteroatoms. The Morgan fingerprint density at radius 3 is 2.79 bits per heavy atom. The van der Waals surface area contributed by atoms with E-state index in [1.165, 1.54) is 0 Å². The van der Waals surface area contributed by atoms with Gasteiger partial charge in [-0.25, -0.2) is 4.98 Å². The molecule has 0 unspecified atom stereocenters. The summed E-state index contributed by atoms with van der Waals surface area (Å²) in [4.78, 5) is 13.4. The van der Waals surface area contributed by atoms with E-state index in [1.54, 1.807) is 7.11 Å². The summed E-state index contributed by atoms with van der Waals surface area (Å²) in [5.41, 5.74) is 0.927. The number of rotatable bonds is 5. The van der Waals surface area contributed by atoms with Crippen molar-refractivity contribution in [1.29, 1.82) is 0 Å². The van der Waals surface area contributed by atoms with Gasteiger partial charge in [-0.05, 0) is 6.92 Å². The van der Waals surface area contributed by atoms with Crippen molar-refractivity contribution >= 4 is 5.95 Å². The number of hydrogen-bond donors (Lipinski definition) is 1. The molecule has 1 aromatic rings. The fraction of sp³-hybridized carbons (Fsp3) is 0.692. The van der Waals surface area contributed by atoms with Crippen molar-refractivity contribution in [3.63, 3.8) is 0 Å². The zero-order chi connectivity index (χ0) is 13.7. The predicted molar refractivity (Wildman–Crippen MR) is 75.9 cm³/mol. The van der Waals surface area contributed by atoms with Gasteiger partial charge < -0.3 is 15.0 Å². The Hall–Kier alpha value is -1.40. The van der Waals surface area contributed by atoms with Crippen LogP contribution in [0.2, 0.25) is 0 Å². The maximum absolute atomic E-state index is 5.18. The normalized spacial score (nSPS) is 16.4. The Balaban J connectivity index is 1.91. The quantitative estimate of drug-likeness (QED) is 0.817. The van der Waals surface area contributed by atoms with E-state index in [2.05, 4.69) is 25.1 Å². The second-order valence-corrected chi connectivity index (χ2v) is 4.86. The van der Waals surface area contributed by atoms with Gasteiger partial charge in [0.25, 0.3) is 0 Å². The van der Waals surface area contributed by atoms with E-state index in [9.17, 15) is 0 Å². The molecule has 0 spiro atoms. The molecule has 2 rings (SSSR count). The number of piperazine rings is 1. The Morgan fingerprint density at radius 1 is 1.37 bits per heavy atom. The highest BCUT2D eigenvalue weighted by Gasteiger charge is 2.12. The van der Waals surface area contributed by atoms with Crippen LogP contribution in [-0.2, 0) is 0 Å². The number of nitrogens with zero attached hydrogens (tertiary/aromatic N) is 4. The average Bonchev–Trinajstić information content (AvgIpc) is 2.45. The fourth-order valence-electron chi connectivity index (χ4n) is 2.13. The summed E-state index contributed by atoms with van der Waals surface area (Å²) in [7, 11) is 3.66. The van der Waals surface area contributed by atoms with E-state index in [0.717, 1.165) is 50.9 Å². The number of nitrogens with one attached hydrogen (secondary N) is 1. The molecule has 106 valence electrons. The number of likely N-dealkylation sites (N-methyl/N-ethyl adjacent to an activating group) is 1. The molecule has 1 aromatic heterocycles. The SMILES string of the molecule is COc1cc(C)nc(N(C)CCN2CCNCC2)n1. The third-order valence-corrected chi connectivity index (χ3v) is 3.33. The lowest BCUT2D eigenvalue weighted by Gasteiger charge is -2.29. The molecule has 6 nitrogen and oxygen atoms in total. The maximum atomic E-state index is 5.18. The Labute approximate surface area is 114 Å². The van der Waals surface area contributed by atoms with Crippen molar-refractivity contribution in [3.05, 3.63) is 11.8 Å². The molecule has 0 aliphatic carbocycles. The van der Waals surface area contributed by atoms with Crippen molar-refractivity contribution in [2.24, 2.45) is 0 Å². The zero-order valence-corrected chi connectivity index (χ0v) is 12.0. The highest BCUT2D eigenvalue weighted by molar-refractivity contribution is 5.33. The summed E-state index contributed by atoms with van der Waals surface area (Å²) < 4.78 is 5.18. The number of aryl methyl sites for hydroxylation is 1. The van der Waals surface area contributed by atoms with E-state index < -0.39 is 0 Å². The van der Waals surface area contributed by atoms with Crippen LogP contribution in [-0.4, -0.2) is 68.3 Å². The van der Waals surface area contributed by atoms with Gasteiger partial charge in [0.1, 0.15) is 0 Å². The van der Waals surface area contributed by atoms with Gasteiger partial charge in [0.05, 0.1) is 7.11 Å². The van der Waals surface area contributed by atoms with Gasteiger partial charge in [0, 0.05) is 58.1 Å². The minimum absolute atomic E-state index is 0.622. The fourth-order valence-corrected chi connectivity index (χ4v) is 2.13. The van der Waals surface area contributed by atoms with Crippen molar-refractivity contribution in [3.8, 4) is 5.88 Å². The molecule has 1 saturated heterocycles. The third kappa shape index (κ3) is 4.04. The second-order valence-electron chi connectivity index (χ2n) is 4.86. The molecule has 1 N–H and O–H groups in total. The topological polar surface area (TPSA) is 53.5 Å². The predicted octanol–water partition coefficient (Wildman–Crippen LogP) is 0.135. The van der Waals surface area contributed by atoms with Crippen LogP contribution in [0.25, 0.3) is 0 Å². The van der Waals surface area contributed by atoms with Crippen LogP contribution in [0.4, 0.5) is 5.95 Å². The molecule has 1 aliphatic heterocycles. The summed E-state index contributed by atoms with van der Waals surface area (Å²) in [6.45, 7) is 8.32. The Morgan fingerprint density at radius 2 is 2.11 bits per heavy atom. The van der Waals surface area contributed by atoms with Crippen LogP contribution >= 0.6 is 0 Å². The van der Waals surface area contributed by atoms with Crippen molar-refractivity contribution in [1.82, 2.24) is 20.2 Å². The van der Waals surface area contributed by atoms with E-state index in [-0.39, 0.29) is 0 Å². The van der Waals surface area contributed by atoms with E-state index in [1.807, 2.05) is 20.0 Å². The van der Waals surface area contributed by atoms with Gasteiger partial charge in [0.15, 0.2) is 0 Å². The minimum atomic E-state index is 0.622. The lowest BCUT2D eigenvalue weighted by molar-refractivity contribution is 0.246. The zero-order valence-electron chi connectivity index (χ0n) is 12.0. The first-order chi connectivity index (χ1) is 9.19. The number of hydrogen-bond acceptors (Lipinski definition) is 6. The molecular formula is C13H23N5O. The van der Waals surface area contributed by atoms with Crippen molar-refractivity contribution in [2.75, 3.05) is 58.3 Å². The molecule has 2 heterocycles. The second kappa shape index (κ2) is 6.68. The first-order valence-electron chi connectivity index (χ1n) is 6.73. The summed E-state index contributed by atoms with van der Waals surface area (Å²) in [5.74, 6) is 1.35. The van der Waals surface area contributed by atoms with Gasteiger partial charge in [-0.2, -0.15) is 4.98 Å². The third-order valence-electron chi connectivity index (χ3n) is 3.33. The van der Waals surface area contributed by atoms with Gasteiger partial charge in [-0.1, -0.05) is 0 Å². The van der Waals surface area contributed by atoms with Crippen LogP contribution in [0.1, 0.15) is 5.69 Å². The first-order valence-corrected chi connectivity index (χ1v) is 6.73. The van der Waals surface area contributed by atoms with Gasteiger partial charge in [-0.3, -0.25) is 4.90 Å². The summed E-state index contributed by atoms with van der Waals surface area (Å²) in [5, 5.41) is 3.36. The Bertz CT molecular complexity index is 406. The van der Waals surface area contributed by atoms with Crippen molar-refractivity contribution in [2.45, 2.75) is 6.92 Å². The van der Waals surface area contributed by atoms with E-state index >= 15 is 0 Å². The van der Waals surface area contributed by atoms with Gasteiger partial charge >= 0.3 is 0 Å². The highest BCUT2D eigenvalue weighted by atomic mass is 16.5. The largest absolute Gasteiger partial charge is 0.481 e. The van der Waals surface area contributed by atoms with Crippen LogP contribution in [0.5, 0.6) is 5.88 Å². The lowest BCUT2D eigenvalue weighted by atomic mass is 10.3. The van der Waals surface area contributed by atoms with E-state index in [4.69, 9.17) is 4.74 Å². The first kappa shape index (κ1) is 14.0. The summed E-state index contributed by atoms with van der Waals surface area (Å²) in [6.07, 6.45) is 0. The monoisotopic (exact) mass is 265 g/mol. The van der Waals surface area contributed by atoms with Crippen LogP contribution in [0.3, 0.4) is 0 Å². The molecule has 1 fully saturated rings. The van der Waals surface area contributed by atoms with Gasteiger partial charge in [-0.15, -0.1) is 0 Å². The van der Waals surface area contributed by atoms with Crippen LogP contribution < -0.4 is 15.0 Å². The minimum Gasteiger partial charge on any atom is -0.481 e. The highest BCUT2D eigenvalue weighted by Crippen LogP contribution is 2.13. The standard InChI is InChI=1S/C13H23N5O/c1-11-10-12(19-3)16-13(15-11)17(2)8-9-18-6-4-14-5-7-18/h10,14H,4-9H2,1-3H3. The molecule has 0 radical (unpaired) electrons. The number of aromatic nitrogens is 2. The molecular weight excluding hydrogens is 242 g/mol. The molecule has 0 saturated carbocycles. The molecule has 1 aliphatic rings. The molecule has 0 aromatic carbocycles. The van der Waals surface area contributed by atoms with Gasteiger partial charge in [0.2, 0.25) is 11.8 Å². The number of methoxy groups -OCH3 is 1. The molecule has 0 bridgehead atoms. The van der Waals surface area contributed by atoms with Crippen LogP contribution in [0, 0.1) is 6.92 Å². The molecule has 0 atom stereocenters. The Kier molecular flexibility index (Phi) is 4.93. The van der Waals surface area contributed by atoms with Crippen molar-refractivity contribution < 1.29 is 4.74 Å². The molecule has 19 heavy (non-hydrogen) atoms. The lowest BCUT2D eigenvalue weighted by Crippen LogP contribution is -2.46. The summed E-state index contributed by atoms with van der Waals surface area (Å²) >= 11 is 0. The van der Waals surface area contributed by atoms with E-state index in [0.29, 0.717) is 5.88 Å². The maximum Gasteiger partial charge on any atom is 0.228 e. The number of anilines is 1. The van der Waals surface area contributed by atoms with Crippen LogP contribution in [0.15, 0.2) is 6.07 Å². The smallest absolute Gasteiger partial charge is 0.228 e. The molecule has 0 amide bonds. The average molecular weight is 265 g/mol.